The van der Waals surface area contributed by atoms with E-state index in [1.807, 2.05) is 5.32 Å². The van der Waals surface area contributed by atoms with Crippen LogP contribution >= 0.6 is 0 Å². The van der Waals surface area contributed by atoms with Crippen LogP contribution in [0.2, 0.25) is 0 Å². The molecule has 0 saturated carbocycles. The molecule has 0 aromatic rings. The summed E-state index contributed by atoms with van der Waals surface area (Å²) in [6.07, 6.45) is 1.38. The maximum atomic E-state index is 10.7. The quantitative estimate of drug-likeness (QED) is 0.500. The van der Waals surface area contributed by atoms with Crippen LogP contribution in [0.15, 0.2) is 12.2 Å². The highest BCUT2D eigenvalue weighted by Gasteiger charge is 2.11. The fourth-order valence-electron chi connectivity index (χ4n) is 0.470. The van der Waals surface area contributed by atoms with Crippen molar-refractivity contribution in [3.8, 4) is 0 Å². The van der Waals surface area contributed by atoms with Crippen molar-refractivity contribution in [1.82, 2.24) is 5.32 Å². The normalized spacial score (nSPS) is 12.4. The second kappa shape index (κ2) is 4.91. The van der Waals surface area contributed by atoms with E-state index in [2.05, 4.69) is 0 Å². The van der Waals surface area contributed by atoms with Gasteiger partial charge >= 0.3 is 11.9 Å². The average molecular weight is 187 g/mol. The molecular formula is C7H9NO5. The molecule has 0 radical (unpaired) electrons. The minimum absolute atomic E-state index is 0.629. The van der Waals surface area contributed by atoms with Crippen molar-refractivity contribution in [2.24, 2.45) is 0 Å². The maximum absolute atomic E-state index is 10.7. The minimum atomic E-state index is -1.27. The van der Waals surface area contributed by atoms with Gasteiger partial charge in [-0.3, -0.25) is 9.59 Å². The fraction of sp³-hybridized carbons (Fsp3) is 0.286. The topological polar surface area (TPSA) is 104 Å². The summed E-state index contributed by atoms with van der Waals surface area (Å²) in [7, 11) is 0. The summed E-state index contributed by atoms with van der Waals surface area (Å²) in [5, 5.41) is 18.5. The van der Waals surface area contributed by atoms with Crippen LogP contribution in [0.4, 0.5) is 0 Å². The molecule has 6 nitrogen and oxygen atoms in total. The van der Waals surface area contributed by atoms with Gasteiger partial charge < -0.3 is 15.5 Å². The molecule has 0 spiro atoms. The summed E-state index contributed by atoms with van der Waals surface area (Å²) in [6.45, 7) is 1.27. The molecule has 0 rings (SSSR count). The monoisotopic (exact) mass is 187 g/mol. The van der Waals surface area contributed by atoms with Crippen molar-refractivity contribution < 1.29 is 24.6 Å². The van der Waals surface area contributed by atoms with Gasteiger partial charge in [-0.25, -0.2) is 4.79 Å². The molecule has 0 aromatic carbocycles. The fourth-order valence-corrected chi connectivity index (χ4v) is 0.470. The predicted molar refractivity (Wildman–Crippen MR) is 42.0 cm³/mol. The molecule has 72 valence electrons. The third-order valence-corrected chi connectivity index (χ3v) is 1.11. The molecule has 0 aliphatic rings. The highest BCUT2D eigenvalue weighted by atomic mass is 16.4. The van der Waals surface area contributed by atoms with E-state index in [0.29, 0.717) is 6.08 Å². The van der Waals surface area contributed by atoms with Gasteiger partial charge in [-0.05, 0) is 6.92 Å². The van der Waals surface area contributed by atoms with E-state index in [0.717, 1.165) is 6.08 Å². The number of nitrogens with one attached hydrogen (secondary N) is 1. The lowest BCUT2D eigenvalue weighted by Crippen LogP contribution is -2.37. The summed E-state index contributed by atoms with van der Waals surface area (Å²) in [5.41, 5.74) is 0. The van der Waals surface area contributed by atoms with E-state index in [4.69, 9.17) is 10.2 Å². The lowest BCUT2D eigenvalue weighted by molar-refractivity contribution is -0.140. The van der Waals surface area contributed by atoms with Gasteiger partial charge in [0, 0.05) is 12.2 Å². The molecule has 0 heterocycles. The number of carbonyl (C=O) groups excluding carboxylic acids is 1. The second-order valence-corrected chi connectivity index (χ2v) is 2.24. The Hall–Kier alpha value is -1.85. The van der Waals surface area contributed by atoms with Crippen LogP contribution in [-0.4, -0.2) is 34.1 Å². The second-order valence-electron chi connectivity index (χ2n) is 2.24. The molecule has 0 aromatic heterocycles. The number of rotatable bonds is 4. The predicted octanol–water partition coefficient (Wildman–Crippen LogP) is -0.783. The Balaban J connectivity index is 4.02. The van der Waals surface area contributed by atoms with Crippen LogP contribution in [0.5, 0.6) is 0 Å². The Kier molecular flexibility index (Phi) is 4.21. The van der Waals surface area contributed by atoms with Gasteiger partial charge in [-0.2, -0.15) is 0 Å². The Morgan fingerprint density at radius 3 is 2.15 bits per heavy atom. The lowest BCUT2D eigenvalue weighted by Gasteiger charge is -2.05. The van der Waals surface area contributed by atoms with Gasteiger partial charge in [0.15, 0.2) is 0 Å². The minimum Gasteiger partial charge on any atom is -0.480 e. The Labute approximate surface area is 73.9 Å². The molecule has 1 atom stereocenters. The van der Waals surface area contributed by atoms with Crippen LogP contribution in [-0.2, 0) is 14.4 Å². The zero-order valence-corrected chi connectivity index (χ0v) is 6.85. The van der Waals surface area contributed by atoms with Gasteiger partial charge in [-0.15, -0.1) is 0 Å². The van der Waals surface area contributed by atoms with Crippen LogP contribution in [0.25, 0.3) is 0 Å². The van der Waals surface area contributed by atoms with Gasteiger partial charge in [0.1, 0.15) is 6.04 Å². The first-order valence-electron chi connectivity index (χ1n) is 3.37. The molecule has 13 heavy (non-hydrogen) atoms. The molecule has 3 N–H and O–H groups in total. The summed E-state index contributed by atoms with van der Waals surface area (Å²) in [5.74, 6) is -3.20. The molecule has 0 aliphatic carbocycles. The molecule has 0 fully saturated rings. The van der Waals surface area contributed by atoms with Crippen LogP contribution in [0.1, 0.15) is 6.92 Å². The first kappa shape index (κ1) is 11.2. The molecule has 0 bridgehead atoms. The third kappa shape index (κ3) is 5.42. The molecule has 6 heteroatoms. The third-order valence-electron chi connectivity index (χ3n) is 1.11. The number of hydrogen-bond acceptors (Lipinski definition) is 3. The number of carbonyl (C=O) groups is 3. The first-order valence-corrected chi connectivity index (χ1v) is 3.37. The molecule has 1 unspecified atom stereocenters. The molecule has 0 aliphatic heterocycles. The molecule has 1 amide bonds. The van der Waals surface area contributed by atoms with Crippen molar-refractivity contribution in [3.63, 3.8) is 0 Å². The number of hydrogen-bond donors (Lipinski definition) is 3. The van der Waals surface area contributed by atoms with Crippen molar-refractivity contribution in [2.75, 3.05) is 0 Å². The van der Waals surface area contributed by atoms with Gasteiger partial charge in [0.05, 0.1) is 0 Å². The Morgan fingerprint density at radius 2 is 1.77 bits per heavy atom. The number of amides is 1. The number of carboxylic acid groups (broad SMARTS) is 2. The van der Waals surface area contributed by atoms with E-state index < -0.39 is 23.9 Å². The zero-order valence-electron chi connectivity index (χ0n) is 6.85. The van der Waals surface area contributed by atoms with E-state index in [1.54, 1.807) is 0 Å². The highest BCUT2D eigenvalue weighted by molar-refractivity contribution is 5.95. The van der Waals surface area contributed by atoms with Gasteiger partial charge in [0.25, 0.3) is 0 Å². The number of carboxylic acids is 2. The summed E-state index contributed by atoms with van der Waals surface area (Å²) in [4.78, 5) is 30.9. The number of aliphatic carboxylic acids is 2. The first-order chi connectivity index (χ1) is 5.93. The average Bonchev–Trinajstić information content (AvgIpc) is 2.00. The largest absolute Gasteiger partial charge is 0.480 e. The van der Waals surface area contributed by atoms with Crippen LogP contribution in [0.3, 0.4) is 0 Å². The zero-order chi connectivity index (χ0) is 10.4. The van der Waals surface area contributed by atoms with Crippen molar-refractivity contribution >= 4 is 17.8 Å². The van der Waals surface area contributed by atoms with Crippen LogP contribution < -0.4 is 5.32 Å². The SMILES string of the molecule is CC(NC(=O)/C=C/C(=O)O)C(=O)O. The van der Waals surface area contributed by atoms with Gasteiger partial charge in [-0.1, -0.05) is 0 Å². The molecular weight excluding hydrogens is 178 g/mol. The maximum Gasteiger partial charge on any atom is 0.328 e. The van der Waals surface area contributed by atoms with Crippen molar-refractivity contribution in [1.29, 1.82) is 0 Å². The Bertz CT molecular complexity index is 258. The highest BCUT2D eigenvalue weighted by Crippen LogP contribution is 1.82. The summed E-state index contributed by atoms with van der Waals surface area (Å²) in [6, 6.07) is -1.04. The summed E-state index contributed by atoms with van der Waals surface area (Å²) >= 11 is 0. The van der Waals surface area contributed by atoms with Crippen molar-refractivity contribution in [2.45, 2.75) is 13.0 Å². The standard InChI is InChI=1S/C7H9NO5/c1-4(7(12)13)8-5(9)2-3-6(10)11/h2-4H,1H3,(H,8,9)(H,10,11)(H,12,13)/b3-2+. The van der Waals surface area contributed by atoms with Crippen LogP contribution in [0, 0.1) is 0 Å². The Morgan fingerprint density at radius 1 is 1.23 bits per heavy atom. The van der Waals surface area contributed by atoms with E-state index in [-0.39, 0.29) is 0 Å². The van der Waals surface area contributed by atoms with Crippen molar-refractivity contribution in [3.05, 3.63) is 12.2 Å². The van der Waals surface area contributed by atoms with E-state index in [9.17, 15) is 14.4 Å². The smallest absolute Gasteiger partial charge is 0.328 e. The summed E-state index contributed by atoms with van der Waals surface area (Å²) < 4.78 is 0. The van der Waals surface area contributed by atoms with E-state index >= 15 is 0 Å². The molecule has 0 saturated heterocycles. The van der Waals surface area contributed by atoms with Gasteiger partial charge in [0.2, 0.25) is 5.91 Å². The van der Waals surface area contributed by atoms with E-state index in [1.165, 1.54) is 6.92 Å². The lowest BCUT2D eigenvalue weighted by atomic mass is 10.3.